The van der Waals surface area contributed by atoms with Crippen molar-refractivity contribution in [1.82, 2.24) is 10.6 Å². The van der Waals surface area contributed by atoms with Crippen LogP contribution in [0.5, 0.6) is 0 Å². The van der Waals surface area contributed by atoms with Crippen LogP contribution < -0.4 is 10.6 Å². The second-order valence-electron chi connectivity index (χ2n) is 4.33. The van der Waals surface area contributed by atoms with Crippen LogP contribution >= 0.6 is 0 Å². The van der Waals surface area contributed by atoms with Gasteiger partial charge in [0.1, 0.15) is 0 Å². The quantitative estimate of drug-likeness (QED) is 0.631. The van der Waals surface area contributed by atoms with E-state index < -0.39 is 6.10 Å². The molecule has 1 unspecified atom stereocenters. The summed E-state index contributed by atoms with van der Waals surface area (Å²) in [6.07, 6.45) is 1.40. The second kappa shape index (κ2) is 5.80. The molecule has 0 aromatic heterocycles. The first-order chi connectivity index (χ1) is 8.27. The summed E-state index contributed by atoms with van der Waals surface area (Å²) >= 11 is 0. The summed E-state index contributed by atoms with van der Waals surface area (Å²) in [7, 11) is 0. The molecule has 3 N–H and O–H groups in total. The summed E-state index contributed by atoms with van der Waals surface area (Å²) in [5, 5.41) is 15.8. The third-order valence-electron chi connectivity index (χ3n) is 2.80. The van der Waals surface area contributed by atoms with Crippen LogP contribution in [0.2, 0.25) is 0 Å². The highest BCUT2D eigenvalue weighted by Gasteiger charge is 2.20. The lowest BCUT2D eigenvalue weighted by atomic mass is 10.1. The van der Waals surface area contributed by atoms with Gasteiger partial charge in [-0.1, -0.05) is 30.3 Å². The molecule has 1 fully saturated rings. The zero-order valence-corrected chi connectivity index (χ0v) is 9.73. The van der Waals surface area contributed by atoms with Crippen LogP contribution in [-0.2, 0) is 4.79 Å². The molecule has 0 aliphatic heterocycles. The molecule has 1 aliphatic rings. The van der Waals surface area contributed by atoms with E-state index in [0.29, 0.717) is 18.2 Å². The molecule has 1 saturated carbocycles. The number of nitrogens with one attached hydrogen (secondary N) is 2. The first kappa shape index (κ1) is 12.1. The van der Waals surface area contributed by atoms with Gasteiger partial charge in [0, 0.05) is 19.1 Å². The molecule has 1 aromatic carbocycles. The molecule has 1 aromatic rings. The number of rotatable bonds is 6. The van der Waals surface area contributed by atoms with Crippen LogP contribution in [0, 0.1) is 0 Å². The topological polar surface area (TPSA) is 61.4 Å². The van der Waals surface area contributed by atoms with Crippen LogP contribution in [0.25, 0.3) is 0 Å². The van der Waals surface area contributed by atoms with Crippen molar-refractivity contribution in [2.24, 2.45) is 0 Å². The molecular weight excluding hydrogens is 216 g/mol. The van der Waals surface area contributed by atoms with Gasteiger partial charge >= 0.3 is 0 Å². The maximum atomic E-state index is 11.6. The Morgan fingerprint density at radius 3 is 2.65 bits per heavy atom. The number of aliphatic hydroxyl groups is 1. The number of hydrogen-bond donors (Lipinski definition) is 3. The Morgan fingerprint density at radius 1 is 1.29 bits per heavy atom. The SMILES string of the molecule is O=C(NCCNC1CC1)C(O)c1ccccc1. The van der Waals surface area contributed by atoms with E-state index in [9.17, 15) is 9.90 Å². The van der Waals surface area contributed by atoms with Crippen LogP contribution in [0.4, 0.5) is 0 Å². The normalized spacial score (nSPS) is 16.5. The molecule has 0 spiro atoms. The fourth-order valence-electron chi connectivity index (χ4n) is 1.63. The summed E-state index contributed by atoms with van der Waals surface area (Å²) < 4.78 is 0. The van der Waals surface area contributed by atoms with E-state index in [4.69, 9.17) is 0 Å². The molecule has 4 heteroatoms. The number of carbonyl (C=O) groups excluding carboxylic acids is 1. The van der Waals surface area contributed by atoms with E-state index in [1.165, 1.54) is 12.8 Å². The van der Waals surface area contributed by atoms with E-state index in [0.717, 1.165) is 6.54 Å². The first-order valence-electron chi connectivity index (χ1n) is 6.01. The lowest BCUT2D eigenvalue weighted by molar-refractivity contribution is -0.129. The van der Waals surface area contributed by atoms with Gasteiger partial charge < -0.3 is 15.7 Å². The first-order valence-corrected chi connectivity index (χ1v) is 6.01. The van der Waals surface area contributed by atoms with Gasteiger partial charge in [-0.15, -0.1) is 0 Å². The third kappa shape index (κ3) is 3.84. The highest BCUT2D eigenvalue weighted by Crippen LogP contribution is 2.17. The van der Waals surface area contributed by atoms with E-state index in [-0.39, 0.29) is 5.91 Å². The summed E-state index contributed by atoms with van der Waals surface area (Å²) in [5.41, 5.74) is 0.625. The van der Waals surface area contributed by atoms with Gasteiger partial charge in [0.05, 0.1) is 0 Å². The summed E-state index contributed by atoms with van der Waals surface area (Å²) in [6, 6.07) is 9.60. The summed E-state index contributed by atoms with van der Waals surface area (Å²) in [5.74, 6) is -0.339. The van der Waals surface area contributed by atoms with Crippen molar-refractivity contribution in [3.63, 3.8) is 0 Å². The fraction of sp³-hybridized carbons (Fsp3) is 0.462. The molecule has 4 nitrogen and oxygen atoms in total. The maximum Gasteiger partial charge on any atom is 0.253 e. The monoisotopic (exact) mass is 234 g/mol. The van der Waals surface area contributed by atoms with Gasteiger partial charge in [0.25, 0.3) is 5.91 Å². The van der Waals surface area contributed by atoms with E-state index in [2.05, 4.69) is 10.6 Å². The van der Waals surface area contributed by atoms with Crippen molar-refractivity contribution < 1.29 is 9.90 Å². The molecule has 0 heterocycles. The minimum Gasteiger partial charge on any atom is -0.378 e. The Kier molecular flexibility index (Phi) is 4.12. The van der Waals surface area contributed by atoms with Crippen LogP contribution in [0.3, 0.4) is 0 Å². The lowest BCUT2D eigenvalue weighted by Gasteiger charge is -2.11. The molecule has 2 rings (SSSR count). The van der Waals surface area contributed by atoms with Crippen molar-refractivity contribution in [1.29, 1.82) is 0 Å². The van der Waals surface area contributed by atoms with Gasteiger partial charge in [-0.05, 0) is 18.4 Å². The molecule has 0 radical (unpaired) electrons. The molecule has 1 aliphatic carbocycles. The Hall–Kier alpha value is -1.39. The zero-order chi connectivity index (χ0) is 12.1. The van der Waals surface area contributed by atoms with E-state index in [1.807, 2.05) is 6.07 Å². The molecule has 1 atom stereocenters. The van der Waals surface area contributed by atoms with Gasteiger partial charge in [-0.2, -0.15) is 0 Å². The van der Waals surface area contributed by atoms with Crippen LogP contribution in [0.15, 0.2) is 30.3 Å². The molecule has 0 saturated heterocycles. The van der Waals surface area contributed by atoms with Crippen molar-refractivity contribution in [3.8, 4) is 0 Å². The molecule has 92 valence electrons. The summed E-state index contributed by atoms with van der Waals surface area (Å²) in [6.45, 7) is 1.32. The van der Waals surface area contributed by atoms with E-state index >= 15 is 0 Å². The lowest BCUT2D eigenvalue weighted by Crippen LogP contribution is -2.35. The van der Waals surface area contributed by atoms with Crippen molar-refractivity contribution in [2.45, 2.75) is 25.0 Å². The average Bonchev–Trinajstić information content (AvgIpc) is 3.18. The molecule has 1 amide bonds. The van der Waals surface area contributed by atoms with Gasteiger partial charge in [0.2, 0.25) is 0 Å². The molecule has 17 heavy (non-hydrogen) atoms. The van der Waals surface area contributed by atoms with Crippen molar-refractivity contribution in [3.05, 3.63) is 35.9 Å². The number of hydrogen-bond acceptors (Lipinski definition) is 3. The third-order valence-corrected chi connectivity index (χ3v) is 2.80. The number of carbonyl (C=O) groups is 1. The minimum absolute atomic E-state index is 0.339. The highest BCUT2D eigenvalue weighted by molar-refractivity contribution is 5.81. The van der Waals surface area contributed by atoms with Crippen LogP contribution in [0.1, 0.15) is 24.5 Å². The van der Waals surface area contributed by atoms with Gasteiger partial charge in [-0.3, -0.25) is 4.79 Å². The Balaban J connectivity index is 1.71. The Morgan fingerprint density at radius 2 is 2.00 bits per heavy atom. The number of benzene rings is 1. The Bertz CT molecular complexity index is 363. The zero-order valence-electron chi connectivity index (χ0n) is 9.73. The minimum atomic E-state index is -1.07. The predicted octanol–water partition coefficient (Wildman–Crippen LogP) is 0.588. The van der Waals surface area contributed by atoms with E-state index in [1.54, 1.807) is 24.3 Å². The van der Waals surface area contributed by atoms with Crippen molar-refractivity contribution >= 4 is 5.91 Å². The average molecular weight is 234 g/mol. The number of amides is 1. The summed E-state index contributed by atoms with van der Waals surface area (Å²) in [4.78, 5) is 11.6. The van der Waals surface area contributed by atoms with Gasteiger partial charge in [-0.25, -0.2) is 0 Å². The smallest absolute Gasteiger partial charge is 0.253 e. The second-order valence-corrected chi connectivity index (χ2v) is 4.33. The molecule has 0 bridgehead atoms. The number of aliphatic hydroxyl groups excluding tert-OH is 1. The Labute approximate surface area is 101 Å². The van der Waals surface area contributed by atoms with Gasteiger partial charge in [0.15, 0.2) is 6.10 Å². The predicted molar refractivity (Wildman–Crippen MR) is 65.4 cm³/mol. The standard InChI is InChI=1S/C13H18N2O2/c16-12(10-4-2-1-3-5-10)13(17)15-9-8-14-11-6-7-11/h1-5,11-12,14,16H,6-9H2,(H,15,17). The largest absolute Gasteiger partial charge is 0.378 e. The highest BCUT2D eigenvalue weighted by atomic mass is 16.3. The fourth-order valence-corrected chi connectivity index (χ4v) is 1.63. The van der Waals surface area contributed by atoms with Crippen molar-refractivity contribution in [2.75, 3.05) is 13.1 Å². The van der Waals surface area contributed by atoms with Crippen LogP contribution in [-0.4, -0.2) is 30.1 Å². The molecular formula is C13H18N2O2. The maximum absolute atomic E-state index is 11.6.